The van der Waals surface area contributed by atoms with E-state index in [1.807, 2.05) is 18.2 Å². The second-order valence-corrected chi connectivity index (χ2v) is 5.08. The lowest BCUT2D eigenvalue weighted by Gasteiger charge is -2.16. The van der Waals surface area contributed by atoms with Crippen LogP contribution in [0.25, 0.3) is 0 Å². The monoisotopic (exact) mass is 276 g/mol. The van der Waals surface area contributed by atoms with E-state index >= 15 is 0 Å². The first-order chi connectivity index (χ1) is 9.63. The minimum absolute atomic E-state index is 0.00505. The Kier molecular flexibility index (Phi) is 3.22. The normalized spacial score (nSPS) is 20.5. The molecular weight excluding hydrogens is 260 g/mol. The number of carbonyl (C=O) groups excluding carboxylic acids is 2. The number of rotatable bonds is 4. The van der Waals surface area contributed by atoms with Crippen molar-refractivity contribution in [1.29, 1.82) is 0 Å². The molecule has 2 aliphatic heterocycles. The standard InChI is InChI=1S/C14H16N2O4/c15-14(18)10-6-13(17)16(7-10)4-3-9-1-2-11-12(5-9)20-8-19-11/h1-2,5,10H,3-4,6-8H2,(H2,15,18). The molecule has 3 rings (SSSR count). The van der Waals surface area contributed by atoms with Crippen LogP contribution in [0.3, 0.4) is 0 Å². The number of nitrogens with zero attached hydrogens (tertiary/aromatic N) is 1. The van der Waals surface area contributed by atoms with Crippen LogP contribution in [0.15, 0.2) is 18.2 Å². The summed E-state index contributed by atoms with van der Waals surface area (Å²) in [7, 11) is 0. The summed E-state index contributed by atoms with van der Waals surface area (Å²) < 4.78 is 10.6. The van der Waals surface area contributed by atoms with Crippen LogP contribution >= 0.6 is 0 Å². The number of benzene rings is 1. The molecule has 0 saturated carbocycles. The molecule has 0 spiro atoms. The third-order valence-corrected chi connectivity index (χ3v) is 3.72. The van der Waals surface area contributed by atoms with Gasteiger partial charge in [-0.2, -0.15) is 0 Å². The molecule has 2 N–H and O–H groups in total. The number of hydrogen-bond donors (Lipinski definition) is 1. The summed E-state index contributed by atoms with van der Waals surface area (Å²) in [6.07, 6.45) is 0.949. The molecule has 106 valence electrons. The number of nitrogens with two attached hydrogens (primary N) is 1. The highest BCUT2D eigenvalue weighted by Crippen LogP contribution is 2.32. The molecule has 1 aromatic carbocycles. The van der Waals surface area contributed by atoms with Crippen molar-refractivity contribution >= 4 is 11.8 Å². The number of likely N-dealkylation sites (tertiary alicyclic amines) is 1. The first kappa shape index (κ1) is 12.8. The number of fused-ring (bicyclic) bond motifs is 1. The smallest absolute Gasteiger partial charge is 0.231 e. The van der Waals surface area contributed by atoms with Crippen molar-refractivity contribution < 1.29 is 19.1 Å². The van der Waals surface area contributed by atoms with Gasteiger partial charge in [0.15, 0.2) is 11.5 Å². The molecule has 6 nitrogen and oxygen atoms in total. The van der Waals surface area contributed by atoms with Gasteiger partial charge in [-0.25, -0.2) is 0 Å². The lowest BCUT2D eigenvalue weighted by molar-refractivity contribution is -0.128. The van der Waals surface area contributed by atoms with E-state index in [-0.39, 0.29) is 25.0 Å². The highest BCUT2D eigenvalue weighted by Gasteiger charge is 2.32. The van der Waals surface area contributed by atoms with E-state index in [2.05, 4.69) is 0 Å². The van der Waals surface area contributed by atoms with E-state index in [4.69, 9.17) is 15.2 Å². The van der Waals surface area contributed by atoms with Crippen molar-refractivity contribution in [3.8, 4) is 11.5 Å². The molecule has 0 bridgehead atoms. The Labute approximate surface area is 116 Å². The lowest BCUT2D eigenvalue weighted by Crippen LogP contribution is -2.30. The van der Waals surface area contributed by atoms with Gasteiger partial charge in [0.25, 0.3) is 0 Å². The number of hydrogen-bond acceptors (Lipinski definition) is 4. The fraction of sp³-hybridized carbons (Fsp3) is 0.429. The molecule has 2 heterocycles. The lowest BCUT2D eigenvalue weighted by atomic mass is 10.1. The van der Waals surface area contributed by atoms with Crippen LogP contribution in [-0.2, 0) is 16.0 Å². The Morgan fingerprint density at radius 2 is 2.15 bits per heavy atom. The van der Waals surface area contributed by atoms with E-state index in [0.717, 1.165) is 17.1 Å². The van der Waals surface area contributed by atoms with Crippen LogP contribution in [0, 0.1) is 5.92 Å². The molecule has 1 atom stereocenters. The third kappa shape index (κ3) is 2.41. The SMILES string of the molecule is NC(=O)C1CC(=O)N(CCc2ccc3c(c2)OCO3)C1. The average Bonchev–Trinajstić information content (AvgIpc) is 3.02. The zero-order valence-corrected chi connectivity index (χ0v) is 11.0. The van der Waals surface area contributed by atoms with Crippen molar-refractivity contribution in [3.05, 3.63) is 23.8 Å². The van der Waals surface area contributed by atoms with Crippen LogP contribution in [0.4, 0.5) is 0 Å². The van der Waals surface area contributed by atoms with Crippen molar-refractivity contribution in [2.45, 2.75) is 12.8 Å². The topological polar surface area (TPSA) is 81.9 Å². The number of ether oxygens (including phenoxy) is 2. The van der Waals surface area contributed by atoms with E-state index in [9.17, 15) is 9.59 Å². The molecule has 1 saturated heterocycles. The summed E-state index contributed by atoms with van der Waals surface area (Å²) in [5.41, 5.74) is 6.32. The summed E-state index contributed by atoms with van der Waals surface area (Å²) in [6.45, 7) is 1.27. The quantitative estimate of drug-likeness (QED) is 0.857. The number of carbonyl (C=O) groups is 2. The Morgan fingerprint density at radius 1 is 1.35 bits per heavy atom. The maximum atomic E-state index is 11.8. The van der Waals surface area contributed by atoms with Crippen LogP contribution in [-0.4, -0.2) is 36.6 Å². The summed E-state index contributed by atoms with van der Waals surface area (Å²) in [5.74, 6) is 0.739. The first-order valence-corrected chi connectivity index (χ1v) is 6.59. The Balaban J connectivity index is 1.60. The largest absolute Gasteiger partial charge is 0.454 e. The van der Waals surface area contributed by atoms with E-state index in [1.165, 1.54) is 0 Å². The van der Waals surface area contributed by atoms with Crippen LogP contribution < -0.4 is 15.2 Å². The molecule has 1 fully saturated rings. The van der Waals surface area contributed by atoms with Crippen LogP contribution in [0.2, 0.25) is 0 Å². The molecule has 0 radical (unpaired) electrons. The third-order valence-electron chi connectivity index (χ3n) is 3.72. The molecule has 6 heteroatoms. The van der Waals surface area contributed by atoms with Crippen molar-refractivity contribution in [3.63, 3.8) is 0 Å². The van der Waals surface area contributed by atoms with Gasteiger partial charge >= 0.3 is 0 Å². The average molecular weight is 276 g/mol. The predicted octanol–water partition coefficient (Wildman–Crippen LogP) is 0.292. The predicted molar refractivity (Wildman–Crippen MR) is 70.2 cm³/mol. The van der Waals surface area contributed by atoms with E-state index in [0.29, 0.717) is 19.5 Å². The van der Waals surface area contributed by atoms with Crippen LogP contribution in [0.1, 0.15) is 12.0 Å². The maximum Gasteiger partial charge on any atom is 0.231 e. The zero-order valence-electron chi connectivity index (χ0n) is 11.0. The van der Waals surface area contributed by atoms with Crippen molar-refractivity contribution in [2.24, 2.45) is 11.7 Å². The summed E-state index contributed by atoms with van der Waals surface area (Å²) in [6, 6.07) is 5.75. The van der Waals surface area contributed by atoms with Crippen molar-refractivity contribution in [2.75, 3.05) is 19.9 Å². The Morgan fingerprint density at radius 3 is 2.90 bits per heavy atom. The Bertz CT molecular complexity index is 558. The van der Waals surface area contributed by atoms with Gasteiger partial charge in [-0.05, 0) is 24.1 Å². The molecule has 1 unspecified atom stereocenters. The van der Waals surface area contributed by atoms with Gasteiger partial charge in [-0.3, -0.25) is 9.59 Å². The highest BCUT2D eigenvalue weighted by atomic mass is 16.7. The fourth-order valence-electron chi connectivity index (χ4n) is 2.54. The highest BCUT2D eigenvalue weighted by molar-refractivity contribution is 5.88. The summed E-state index contributed by atoms with van der Waals surface area (Å²) in [4.78, 5) is 24.6. The summed E-state index contributed by atoms with van der Waals surface area (Å²) in [5, 5.41) is 0. The van der Waals surface area contributed by atoms with Gasteiger partial charge in [-0.1, -0.05) is 6.07 Å². The molecular formula is C14H16N2O4. The van der Waals surface area contributed by atoms with Crippen LogP contribution in [0.5, 0.6) is 11.5 Å². The van der Waals surface area contributed by atoms with Crippen molar-refractivity contribution in [1.82, 2.24) is 4.90 Å². The number of primary amides is 1. The van der Waals surface area contributed by atoms with E-state index in [1.54, 1.807) is 4.90 Å². The molecule has 1 aromatic rings. The van der Waals surface area contributed by atoms with Gasteiger partial charge in [-0.15, -0.1) is 0 Å². The molecule has 2 amide bonds. The van der Waals surface area contributed by atoms with Gasteiger partial charge in [0.05, 0.1) is 5.92 Å². The van der Waals surface area contributed by atoms with E-state index < -0.39 is 5.91 Å². The fourth-order valence-corrected chi connectivity index (χ4v) is 2.54. The Hall–Kier alpha value is -2.24. The zero-order chi connectivity index (χ0) is 14.1. The first-order valence-electron chi connectivity index (χ1n) is 6.59. The maximum absolute atomic E-state index is 11.8. The van der Waals surface area contributed by atoms with Gasteiger partial charge in [0, 0.05) is 19.5 Å². The molecule has 0 aromatic heterocycles. The second kappa shape index (κ2) is 5.03. The molecule has 0 aliphatic carbocycles. The number of amides is 2. The second-order valence-electron chi connectivity index (χ2n) is 5.08. The van der Waals surface area contributed by atoms with Gasteiger partial charge in [0.2, 0.25) is 18.6 Å². The van der Waals surface area contributed by atoms with Gasteiger partial charge in [0.1, 0.15) is 0 Å². The van der Waals surface area contributed by atoms with Gasteiger partial charge < -0.3 is 20.1 Å². The minimum Gasteiger partial charge on any atom is -0.454 e. The summed E-state index contributed by atoms with van der Waals surface area (Å²) >= 11 is 0. The molecule has 20 heavy (non-hydrogen) atoms. The molecule has 2 aliphatic rings. The minimum atomic E-state index is -0.399.